The van der Waals surface area contributed by atoms with Crippen LogP contribution in [0.3, 0.4) is 0 Å². The fourth-order valence-electron chi connectivity index (χ4n) is 9.55. The number of allylic oxidation sites excluding steroid dienone is 5. The molecule has 2 fully saturated rings. The monoisotopic (exact) mass is 740 g/mol. The zero-order valence-electron chi connectivity index (χ0n) is 34.4. The number of aromatic hydroxyl groups is 1. The van der Waals surface area contributed by atoms with Crippen LogP contribution in [0.25, 0.3) is 6.08 Å². The highest BCUT2D eigenvalue weighted by Crippen LogP contribution is 2.68. The minimum atomic E-state index is -1.58. The molecule has 1 aromatic rings. The molecule has 0 aromatic heterocycles. The molecule has 5 atom stereocenters. The molecular weight excluding hydrogens is 681 g/mol. The first-order chi connectivity index (χ1) is 25.1. The Morgan fingerprint density at radius 1 is 1.02 bits per heavy atom. The molecule has 2 N–H and O–H groups in total. The van der Waals surface area contributed by atoms with Gasteiger partial charge >= 0.3 is 0 Å². The number of amides is 1. The number of nitrogens with zero attached hydrogens (tertiary/aromatic N) is 1. The third-order valence-corrected chi connectivity index (χ3v) is 12.0. The van der Waals surface area contributed by atoms with Crippen LogP contribution >= 0.6 is 0 Å². The molecule has 1 saturated carbocycles. The first kappa shape index (κ1) is 39.7. The zero-order chi connectivity index (χ0) is 39.8. The molecule has 1 aromatic carbocycles. The Balaban J connectivity index is 1.47. The quantitative estimate of drug-likeness (QED) is 0.165. The topological polar surface area (TPSA) is 114 Å². The maximum Gasteiger partial charge on any atom is 0.246 e. The van der Waals surface area contributed by atoms with Gasteiger partial charge in [0.15, 0.2) is 22.8 Å². The lowest BCUT2D eigenvalue weighted by atomic mass is 9.51. The third kappa shape index (κ3) is 6.49. The van der Waals surface area contributed by atoms with Gasteiger partial charge < -0.3 is 29.5 Å². The molecule has 1 saturated heterocycles. The van der Waals surface area contributed by atoms with Crippen molar-refractivity contribution in [3.63, 3.8) is 0 Å². The number of phenolic OH excluding ortho intramolecular Hbond substituents is 1. The van der Waals surface area contributed by atoms with Crippen LogP contribution in [0, 0.1) is 17.3 Å². The molecule has 9 heteroatoms. The van der Waals surface area contributed by atoms with Crippen molar-refractivity contribution in [1.82, 2.24) is 10.2 Å². The van der Waals surface area contributed by atoms with E-state index < -0.39 is 28.3 Å². The Labute approximate surface area is 321 Å². The number of hydrogen-bond acceptors (Lipinski definition) is 8. The second-order valence-corrected chi connectivity index (χ2v) is 18.5. The maximum absolute atomic E-state index is 15.0. The summed E-state index contributed by atoms with van der Waals surface area (Å²) in [6.45, 7) is 21.3. The fourth-order valence-corrected chi connectivity index (χ4v) is 9.55. The van der Waals surface area contributed by atoms with E-state index in [-0.39, 0.29) is 52.3 Å². The lowest BCUT2D eigenvalue weighted by Gasteiger charge is -2.56. The highest BCUT2D eigenvalue weighted by Gasteiger charge is 2.81. The van der Waals surface area contributed by atoms with Crippen molar-refractivity contribution in [2.24, 2.45) is 17.3 Å². The number of fused-ring (bicyclic) bond motifs is 2. The average Bonchev–Trinajstić information content (AvgIpc) is 3.21. The number of carbonyl (C=O) groups is 3. The smallest absolute Gasteiger partial charge is 0.246 e. The molecule has 4 bridgehead atoms. The number of phenols is 1. The summed E-state index contributed by atoms with van der Waals surface area (Å²) in [4.78, 5) is 45.2. The van der Waals surface area contributed by atoms with Gasteiger partial charge in [0.2, 0.25) is 5.91 Å². The normalized spacial score (nSPS) is 28.8. The molecule has 292 valence electrons. The molecule has 0 radical (unpaired) electrons. The van der Waals surface area contributed by atoms with E-state index in [1.807, 2.05) is 60.9 Å². The van der Waals surface area contributed by atoms with E-state index in [4.69, 9.17) is 14.2 Å². The molecule has 6 aliphatic rings. The van der Waals surface area contributed by atoms with Crippen LogP contribution in [-0.4, -0.2) is 77.1 Å². The van der Waals surface area contributed by atoms with Crippen molar-refractivity contribution in [3.05, 3.63) is 69.4 Å². The van der Waals surface area contributed by atoms with Gasteiger partial charge in [0.1, 0.15) is 28.4 Å². The predicted molar refractivity (Wildman–Crippen MR) is 212 cm³/mol. The van der Waals surface area contributed by atoms with E-state index in [9.17, 15) is 14.7 Å². The van der Waals surface area contributed by atoms with Crippen LogP contribution in [0.4, 0.5) is 0 Å². The van der Waals surface area contributed by atoms with E-state index >= 15 is 4.79 Å². The summed E-state index contributed by atoms with van der Waals surface area (Å²) in [6, 6.07) is 0. The number of hydrogen-bond donors (Lipinski definition) is 2. The van der Waals surface area contributed by atoms with Gasteiger partial charge in [-0.05, 0) is 113 Å². The molecule has 3 aliphatic heterocycles. The Bertz CT molecular complexity index is 1940. The van der Waals surface area contributed by atoms with E-state index in [1.165, 1.54) is 5.57 Å². The van der Waals surface area contributed by atoms with Crippen molar-refractivity contribution in [2.75, 3.05) is 27.2 Å². The largest absolute Gasteiger partial charge is 0.506 e. The molecule has 3 aliphatic carbocycles. The highest BCUT2D eigenvalue weighted by molar-refractivity contribution is 6.19. The van der Waals surface area contributed by atoms with E-state index in [0.717, 1.165) is 18.5 Å². The Morgan fingerprint density at radius 3 is 2.35 bits per heavy atom. The lowest BCUT2D eigenvalue weighted by molar-refractivity contribution is -0.171. The molecule has 3 heterocycles. The van der Waals surface area contributed by atoms with Crippen molar-refractivity contribution in [2.45, 2.75) is 124 Å². The Morgan fingerprint density at radius 2 is 1.70 bits per heavy atom. The van der Waals surface area contributed by atoms with Crippen LogP contribution in [0.5, 0.6) is 17.2 Å². The zero-order valence-corrected chi connectivity index (χ0v) is 34.4. The van der Waals surface area contributed by atoms with Crippen molar-refractivity contribution in [3.8, 4) is 17.2 Å². The van der Waals surface area contributed by atoms with Gasteiger partial charge in [-0.2, -0.15) is 0 Å². The average molecular weight is 741 g/mol. The number of nitrogens with one attached hydrogen (secondary N) is 1. The van der Waals surface area contributed by atoms with E-state index in [2.05, 4.69) is 50.1 Å². The van der Waals surface area contributed by atoms with Gasteiger partial charge in [0.25, 0.3) is 0 Å². The summed E-state index contributed by atoms with van der Waals surface area (Å²) in [5.74, 6) is -1.14. The lowest BCUT2D eigenvalue weighted by Crippen LogP contribution is -2.72. The molecule has 1 spiro atoms. The van der Waals surface area contributed by atoms with E-state index in [1.54, 1.807) is 19.1 Å². The van der Waals surface area contributed by atoms with Crippen LogP contribution in [0.15, 0.2) is 52.7 Å². The SMILES string of the molecule is CC(C)=CCCC1(C)C=Cc2c(O)c3c(c(CC=C(C)C)c2O1)OC12C(=CC4CC1C(C)(C)OC2(C/C=C(/C)C(=O)NCC(C)(C)CN(C)C)C4=O)C3=O. The van der Waals surface area contributed by atoms with Crippen LogP contribution in [-0.2, 0) is 20.7 Å². The van der Waals surface area contributed by atoms with Crippen LogP contribution < -0.4 is 14.8 Å². The van der Waals surface area contributed by atoms with Crippen molar-refractivity contribution < 1.29 is 33.7 Å². The molecule has 5 unspecified atom stereocenters. The first-order valence-electron chi connectivity index (χ1n) is 19.4. The molecule has 7 rings (SSSR count). The summed E-state index contributed by atoms with van der Waals surface area (Å²) in [6.07, 6.45) is 14.0. The molecule has 54 heavy (non-hydrogen) atoms. The summed E-state index contributed by atoms with van der Waals surface area (Å²) in [5.41, 5.74) is -0.443. The molecular formula is C45H60N2O7. The van der Waals surface area contributed by atoms with Gasteiger partial charge in [-0.3, -0.25) is 14.4 Å². The van der Waals surface area contributed by atoms with Crippen molar-refractivity contribution >= 4 is 23.5 Å². The third-order valence-electron chi connectivity index (χ3n) is 12.0. The highest BCUT2D eigenvalue weighted by atomic mass is 16.6. The van der Waals surface area contributed by atoms with E-state index in [0.29, 0.717) is 53.8 Å². The number of carbonyl (C=O) groups excluding carboxylic acids is 3. The second-order valence-electron chi connectivity index (χ2n) is 18.5. The Kier molecular flexibility index (Phi) is 10.1. The fraction of sp³-hybridized carbons (Fsp3) is 0.578. The summed E-state index contributed by atoms with van der Waals surface area (Å²) < 4.78 is 21.1. The number of ether oxygens (including phenoxy) is 3. The first-order valence-corrected chi connectivity index (χ1v) is 19.4. The van der Waals surface area contributed by atoms with Gasteiger partial charge in [-0.15, -0.1) is 0 Å². The number of ketones is 2. The molecule has 1 amide bonds. The minimum absolute atomic E-state index is 0.0461. The van der Waals surface area contributed by atoms with Crippen LogP contribution in [0.1, 0.15) is 116 Å². The predicted octanol–water partition coefficient (Wildman–Crippen LogP) is 7.86. The molecule has 9 nitrogen and oxygen atoms in total. The van der Waals surface area contributed by atoms with Gasteiger partial charge in [0, 0.05) is 48.1 Å². The van der Waals surface area contributed by atoms with Gasteiger partial charge in [-0.25, -0.2) is 0 Å². The van der Waals surface area contributed by atoms with Crippen LogP contribution in [0.2, 0.25) is 0 Å². The summed E-state index contributed by atoms with van der Waals surface area (Å²) in [5, 5.41) is 15.0. The summed E-state index contributed by atoms with van der Waals surface area (Å²) >= 11 is 0. The van der Waals surface area contributed by atoms with Gasteiger partial charge in [0.05, 0.1) is 11.2 Å². The van der Waals surface area contributed by atoms with Crippen molar-refractivity contribution in [1.29, 1.82) is 0 Å². The number of rotatable bonds is 12. The summed E-state index contributed by atoms with van der Waals surface area (Å²) in [7, 11) is 4.01. The number of Topliss-reactive ketones (excluding diaryl/α,β-unsaturated/α-hetero) is 2. The minimum Gasteiger partial charge on any atom is -0.506 e. The second kappa shape index (κ2) is 13.7. The Hall–Kier alpha value is -3.95. The maximum atomic E-state index is 15.0. The van der Waals surface area contributed by atoms with Gasteiger partial charge in [-0.1, -0.05) is 49.3 Å². The number of benzene rings is 1. The standard InChI is InChI=1S/C45H60N2O7/c1-26(2)14-13-19-43(10)20-18-30-35(48)34-36(49)32-22-29-23-33-42(8,9)54-44(39(29)50,21-17-28(5)40(51)46-24-41(6,7)25-47(11)12)45(32,33)53-38(34)31(37(30)52-43)16-15-27(3)4/h14-15,17-18,20,22,29,33,48H,13,16,19,21,23-25H2,1-12H3,(H,46,51)/b28-17-.